The Kier molecular flexibility index (Phi) is 9.45. The second-order valence-corrected chi connectivity index (χ2v) is 8.55. The molecule has 2 aliphatic carbocycles. The van der Waals surface area contributed by atoms with Gasteiger partial charge in [-0.2, -0.15) is 11.1 Å². The maximum absolute atomic E-state index is 3.22. The second-order valence-electron chi connectivity index (χ2n) is 4.96. The average Bonchev–Trinajstić information content (AvgIpc) is 2.84. The molecule has 0 aromatic heterocycles. The number of hydrogen-bond donors (Lipinski definition) is 0. The Morgan fingerprint density at radius 1 is 1.28 bits per heavy atom. The molecule has 0 fully saturated rings. The summed E-state index contributed by atoms with van der Waals surface area (Å²) in [5.41, 5.74) is 4.26. The van der Waals surface area contributed by atoms with Crippen molar-refractivity contribution in [3.63, 3.8) is 0 Å². The van der Waals surface area contributed by atoms with E-state index in [-0.39, 0.29) is 0 Å². The molecule has 0 aromatic rings. The monoisotopic (exact) mass is 408 g/mol. The van der Waals surface area contributed by atoms with E-state index in [1.807, 2.05) is 6.08 Å². The van der Waals surface area contributed by atoms with E-state index in [1.165, 1.54) is 40.6 Å². The van der Waals surface area contributed by atoms with Crippen molar-refractivity contribution in [2.75, 3.05) is 0 Å². The zero-order chi connectivity index (χ0) is 14.1. The van der Waals surface area contributed by atoms with E-state index in [4.69, 9.17) is 0 Å². The molecule has 1 unspecified atom stereocenters. The van der Waals surface area contributed by atoms with Crippen LogP contribution >= 0.6 is 0 Å². The number of allylic oxidation sites excluding steroid dienone is 8. The van der Waals surface area contributed by atoms with Gasteiger partial charge < -0.3 is 0 Å². The van der Waals surface area contributed by atoms with Gasteiger partial charge in [-0.15, -0.1) is 13.3 Å². The third-order valence-corrected chi connectivity index (χ3v) is 2.69. The van der Waals surface area contributed by atoms with E-state index < -0.39 is 0 Å². The third kappa shape index (κ3) is 8.74. The van der Waals surface area contributed by atoms with Crippen LogP contribution in [-0.4, -0.2) is 3.26 Å². The van der Waals surface area contributed by atoms with Gasteiger partial charge in [0.15, 0.2) is 0 Å². The van der Waals surface area contributed by atoms with E-state index in [0.29, 0.717) is 5.92 Å². The molecule has 1 heteroatoms. The van der Waals surface area contributed by atoms with Crippen molar-refractivity contribution in [1.29, 1.82) is 0 Å². The summed E-state index contributed by atoms with van der Waals surface area (Å²) >= 11 is 1.27. The molecular formula is C17H24Hf. The quantitative estimate of drug-likeness (QED) is 0.401. The Labute approximate surface area is 128 Å². The molecule has 0 heterocycles. The van der Waals surface area contributed by atoms with Crippen LogP contribution in [0, 0.1) is 18.1 Å². The van der Waals surface area contributed by atoms with Crippen LogP contribution in [0.5, 0.6) is 0 Å². The Morgan fingerprint density at radius 2 is 1.83 bits per heavy atom. The SMILES string of the molecule is CC1=C(C)C(C)[C-]=C1.CC1=CC=[C-]C1.C[C](C)=[Hf+2]. The van der Waals surface area contributed by atoms with E-state index in [2.05, 4.69) is 65.8 Å². The Balaban J connectivity index is 0.000000257. The van der Waals surface area contributed by atoms with Crippen LogP contribution in [0.4, 0.5) is 0 Å². The van der Waals surface area contributed by atoms with Crippen LogP contribution in [0.1, 0.15) is 48.0 Å². The fourth-order valence-electron chi connectivity index (χ4n) is 1.31. The van der Waals surface area contributed by atoms with Gasteiger partial charge in [0.05, 0.1) is 0 Å². The van der Waals surface area contributed by atoms with Gasteiger partial charge in [-0.1, -0.05) is 26.7 Å². The summed E-state index contributed by atoms with van der Waals surface area (Å²) in [5.74, 6) is 0.565. The van der Waals surface area contributed by atoms with E-state index >= 15 is 0 Å². The molecule has 0 saturated carbocycles. The summed E-state index contributed by atoms with van der Waals surface area (Å²) in [6, 6.07) is 0. The van der Waals surface area contributed by atoms with Crippen LogP contribution < -0.4 is 0 Å². The predicted molar refractivity (Wildman–Crippen MR) is 77.9 cm³/mol. The average molecular weight is 407 g/mol. The van der Waals surface area contributed by atoms with Crippen molar-refractivity contribution in [3.8, 4) is 0 Å². The first-order valence-corrected chi connectivity index (χ1v) is 8.15. The minimum absolute atomic E-state index is 0.565. The summed E-state index contributed by atoms with van der Waals surface area (Å²) in [6.45, 7) is 12.9. The van der Waals surface area contributed by atoms with Gasteiger partial charge >= 0.3 is 41.0 Å². The van der Waals surface area contributed by atoms with Crippen LogP contribution in [0.15, 0.2) is 34.9 Å². The van der Waals surface area contributed by atoms with Crippen LogP contribution in [-0.2, 0) is 23.9 Å². The molecule has 0 radical (unpaired) electrons. The van der Waals surface area contributed by atoms with Crippen molar-refractivity contribution in [2.45, 2.75) is 48.0 Å². The van der Waals surface area contributed by atoms with Crippen molar-refractivity contribution in [3.05, 3.63) is 47.1 Å². The molecule has 0 aliphatic heterocycles. The van der Waals surface area contributed by atoms with E-state index in [9.17, 15) is 0 Å². The van der Waals surface area contributed by atoms with Crippen LogP contribution in [0.25, 0.3) is 0 Å². The van der Waals surface area contributed by atoms with Gasteiger partial charge in [0, 0.05) is 0 Å². The molecule has 2 aliphatic rings. The zero-order valence-corrected chi connectivity index (χ0v) is 16.1. The topological polar surface area (TPSA) is 0 Å². The number of hydrogen-bond acceptors (Lipinski definition) is 0. The molecule has 1 atom stereocenters. The summed E-state index contributed by atoms with van der Waals surface area (Å²) < 4.78 is 1.56. The molecule has 2 rings (SSSR count). The molecule has 0 spiro atoms. The molecule has 18 heavy (non-hydrogen) atoms. The molecule has 0 nitrogen and oxygen atoms in total. The van der Waals surface area contributed by atoms with Crippen LogP contribution in [0.2, 0.25) is 0 Å². The first-order chi connectivity index (χ1) is 8.34. The molecule has 0 amide bonds. The minimum atomic E-state index is 0.565. The zero-order valence-electron chi connectivity index (χ0n) is 12.5. The van der Waals surface area contributed by atoms with Gasteiger partial charge in [0.2, 0.25) is 0 Å². The maximum atomic E-state index is 3.22. The second kappa shape index (κ2) is 9.61. The standard InChI is InChI=1S/C8H11.C6H7.C3H6.Hf/c1-6-4-5-7(2)8(6)3;1-6-4-2-3-5-6;1-3-2;/h4,7H,1-3H3;2,4H,5H2,1H3;1-2H3;/q2*-1;;+2. The van der Waals surface area contributed by atoms with Gasteiger partial charge in [-0.25, -0.2) is 23.8 Å². The predicted octanol–water partition coefficient (Wildman–Crippen LogP) is 4.77. The van der Waals surface area contributed by atoms with Gasteiger partial charge in [-0.05, 0) is 0 Å². The van der Waals surface area contributed by atoms with Crippen molar-refractivity contribution < 1.29 is 23.9 Å². The molecule has 0 aromatic carbocycles. The molecule has 0 saturated heterocycles. The van der Waals surface area contributed by atoms with E-state index in [1.54, 1.807) is 3.26 Å². The van der Waals surface area contributed by atoms with Crippen molar-refractivity contribution in [2.24, 2.45) is 5.92 Å². The number of rotatable bonds is 0. The van der Waals surface area contributed by atoms with Gasteiger partial charge in [0.25, 0.3) is 0 Å². The third-order valence-electron chi connectivity index (χ3n) is 2.69. The van der Waals surface area contributed by atoms with Crippen molar-refractivity contribution in [1.82, 2.24) is 0 Å². The Morgan fingerprint density at radius 3 is 1.94 bits per heavy atom. The molecular weight excluding hydrogens is 383 g/mol. The normalized spacial score (nSPS) is 20.0. The molecule has 0 N–H and O–H groups in total. The van der Waals surface area contributed by atoms with Crippen LogP contribution in [0.3, 0.4) is 0 Å². The first-order valence-electron chi connectivity index (χ1n) is 6.35. The van der Waals surface area contributed by atoms with Gasteiger partial charge in [0.1, 0.15) is 0 Å². The van der Waals surface area contributed by atoms with E-state index in [0.717, 1.165) is 6.42 Å². The Bertz CT molecular complexity index is 388. The molecule has 0 bridgehead atoms. The first kappa shape index (κ1) is 17.7. The van der Waals surface area contributed by atoms with Gasteiger partial charge in [-0.3, -0.25) is 12.2 Å². The van der Waals surface area contributed by atoms with Crippen molar-refractivity contribution >= 4 is 3.26 Å². The fourth-order valence-corrected chi connectivity index (χ4v) is 1.31. The summed E-state index contributed by atoms with van der Waals surface area (Å²) in [7, 11) is 0. The summed E-state index contributed by atoms with van der Waals surface area (Å²) in [5, 5.41) is 0. The fraction of sp³-hybridized carbons (Fsp3) is 0.471. The Hall–Kier alpha value is -0.300. The summed E-state index contributed by atoms with van der Waals surface area (Å²) in [6.07, 6.45) is 13.4. The molecule has 96 valence electrons. The summed E-state index contributed by atoms with van der Waals surface area (Å²) in [4.78, 5) is 0.